The summed E-state index contributed by atoms with van der Waals surface area (Å²) in [4.78, 5) is 29.0. The van der Waals surface area contributed by atoms with Crippen LogP contribution in [0.25, 0.3) is 0 Å². The van der Waals surface area contributed by atoms with Gasteiger partial charge in [0.15, 0.2) is 0 Å². The molecule has 0 saturated carbocycles. The lowest BCUT2D eigenvalue weighted by atomic mass is 10.1. The van der Waals surface area contributed by atoms with Gasteiger partial charge in [-0.05, 0) is 62.6 Å². The van der Waals surface area contributed by atoms with E-state index in [1.54, 1.807) is 24.3 Å². The largest absolute Gasteiger partial charge is 0.495 e. The second kappa shape index (κ2) is 14.4. The minimum absolute atomic E-state index is 0.0199. The molecule has 0 aliphatic carbocycles. The first-order valence-corrected chi connectivity index (χ1v) is 15.4. The molecule has 0 aliphatic heterocycles. The highest BCUT2D eigenvalue weighted by Crippen LogP contribution is 2.32. The number of hydrogen-bond acceptors (Lipinski definition) is 5. The number of aryl methyl sites for hydroxylation is 1. The average molecular weight is 600 g/mol. The van der Waals surface area contributed by atoms with Crippen LogP contribution in [-0.2, 0) is 26.2 Å². The highest BCUT2D eigenvalue weighted by molar-refractivity contribution is 7.92. The number of amides is 2. The van der Waals surface area contributed by atoms with Gasteiger partial charge < -0.3 is 15.0 Å². The third kappa shape index (κ3) is 8.01. The van der Waals surface area contributed by atoms with E-state index in [9.17, 15) is 18.0 Å². The maximum atomic E-state index is 14.1. The molecule has 220 valence electrons. The molecule has 0 radical (unpaired) electrons. The summed E-state index contributed by atoms with van der Waals surface area (Å²) in [7, 11) is -2.73. The van der Waals surface area contributed by atoms with E-state index in [0.29, 0.717) is 12.2 Å². The average Bonchev–Trinajstić information content (AvgIpc) is 2.95. The van der Waals surface area contributed by atoms with Crippen molar-refractivity contribution in [3.8, 4) is 5.75 Å². The van der Waals surface area contributed by atoms with Crippen LogP contribution < -0.4 is 14.4 Å². The van der Waals surface area contributed by atoms with E-state index in [1.165, 1.54) is 36.3 Å². The molecule has 0 saturated heterocycles. The number of rotatable bonds is 13. The van der Waals surface area contributed by atoms with Crippen molar-refractivity contribution in [1.82, 2.24) is 10.2 Å². The lowest BCUT2D eigenvalue weighted by molar-refractivity contribution is -0.140. The van der Waals surface area contributed by atoms with Crippen LogP contribution in [-0.4, -0.2) is 50.9 Å². The lowest BCUT2D eigenvalue weighted by Crippen LogP contribution is -2.53. The molecular weight excluding hydrogens is 562 g/mol. The summed E-state index contributed by atoms with van der Waals surface area (Å²) in [5, 5.41) is 3.17. The Balaban J connectivity index is 2.08. The smallest absolute Gasteiger partial charge is 0.264 e. The van der Waals surface area contributed by atoms with Crippen LogP contribution in [0.5, 0.6) is 5.75 Å². The molecule has 3 aromatic carbocycles. The first kappa shape index (κ1) is 32.0. The Bertz CT molecular complexity index is 1450. The Morgan fingerprint density at radius 3 is 2.27 bits per heavy atom. The second-order valence-electron chi connectivity index (χ2n) is 9.90. The maximum absolute atomic E-state index is 14.1. The SMILES string of the molecule is CC[C@H](C)NC(=O)[C@H](CC)N(Cc1cccc(C)c1)C(=O)CN(c1ccc(OC)c(Cl)c1)S(=O)(=O)c1ccccc1. The van der Waals surface area contributed by atoms with Crippen molar-refractivity contribution in [2.24, 2.45) is 0 Å². The fourth-order valence-corrected chi connectivity index (χ4v) is 6.11. The van der Waals surface area contributed by atoms with E-state index in [-0.39, 0.29) is 34.1 Å². The maximum Gasteiger partial charge on any atom is 0.264 e. The zero-order chi connectivity index (χ0) is 30.2. The van der Waals surface area contributed by atoms with E-state index in [4.69, 9.17) is 16.3 Å². The molecule has 0 bridgehead atoms. The van der Waals surface area contributed by atoms with Crippen molar-refractivity contribution < 1.29 is 22.7 Å². The number of benzene rings is 3. The van der Waals surface area contributed by atoms with Crippen LogP contribution in [0.1, 0.15) is 44.7 Å². The second-order valence-corrected chi connectivity index (χ2v) is 12.2. The number of carbonyl (C=O) groups excluding carboxylic acids is 2. The van der Waals surface area contributed by atoms with Gasteiger partial charge in [0, 0.05) is 12.6 Å². The summed E-state index contributed by atoms with van der Waals surface area (Å²) in [5.41, 5.74) is 2.03. The summed E-state index contributed by atoms with van der Waals surface area (Å²) >= 11 is 6.37. The number of ether oxygens (including phenoxy) is 1. The van der Waals surface area contributed by atoms with Crippen LogP contribution in [0.2, 0.25) is 5.02 Å². The molecule has 0 fully saturated rings. The number of carbonyl (C=O) groups is 2. The van der Waals surface area contributed by atoms with Crippen LogP contribution in [0.3, 0.4) is 0 Å². The van der Waals surface area contributed by atoms with Gasteiger partial charge in [-0.15, -0.1) is 0 Å². The lowest BCUT2D eigenvalue weighted by Gasteiger charge is -2.34. The summed E-state index contributed by atoms with van der Waals surface area (Å²) in [6.07, 6.45) is 1.08. The van der Waals surface area contributed by atoms with E-state index in [0.717, 1.165) is 21.9 Å². The van der Waals surface area contributed by atoms with Gasteiger partial charge in [-0.25, -0.2) is 8.42 Å². The van der Waals surface area contributed by atoms with Crippen molar-refractivity contribution in [3.63, 3.8) is 0 Å². The van der Waals surface area contributed by atoms with Crippen molar-refractivity contribution in [2.45, 2.75) is 64.1 Å². The van der Waals surface area contributed by atoms with Gasteiger partial charge in [0.2, 0.25) is 11.8 Å². The van der Waals surface area contributed by atoms with Gasteiger partial charge in [0.05, 0.1) is 22.7 Å². The van der Waals surface area contributed by atoms with Gasteiger partial charge in [-0.3, -0.25) is 13.9 Å². The van der Waals surface area contributed by atoms with Gasteiger partial charge in [0.1, 0.15) is 18.3 Å². The predicted octanol–water partition coefficient (Wildman–Crippen LogP) is 5.57. The Labute approximate surface area is 248 Å². The van der Waals surface area contributed by atoms with E-state index < -0.39 is 28.5 Å². The number of sulfonamides is 1. The van der Waals surface area contributed by atoms with Crippen molar-refractivity contribution >= 4 is 39.1 Å². The Hall–Kier alpha value is -3.56. The standard InChI is InChI=1S/C31H38ClN3O5S/c1-6-23(4)33-31(37)28(7-2)34(20-24-13-11-12-22(3)18-24)30(36)21-35(25-16-17-29(40-5)27(32)19-25)41(38,39)26-14-9-8-10-15-26/h8-19,23,28H,6-7,20-21H2,1-5H3,(H,33,37)/t23-,28-/m0/s1. The number of anilines is 1. The first-order valence-electron chi connectivity index (χ1n) is 13.6. The van der Waals surface area contributed by atoms with Crippen molar-refractivity contribution in [1.29, 1.82) is 0 Å². The number of nitrogens with zero attached hydrogens (tertiary/aromatic N) is 2. The Morgan fingerprint density at radius 2 is 1.68 bits per heavy atom. The van der Waals surface area contributed by atoms with Gasteiger partial charge in [-0.1, -0.05) is 73.5 Å². The third-order valence-corrected chi connectivity index (χ3v) is 8.94. The minimum Gasteiger partial charge on any atom is -0.495 e. The molecule has 0 heterocycles. The summed E-state index contributed by atoms with van der Waals surface area (Å²) in [6, 6.07) is 19.2. The molecule has 41 heavy (non-hydrogen) atoms. The summed E-state index contributed by atoms with van der Waals surface area (Å²) < 4.78 is 34.1. The number of nitrogens with one attached hydrogen (secondary N) is 1. The van der Waals surface area contributed by atoms with Gasteiger partial charge in [0.25, 0.3) is 10.0 Å². The Morgan fingerprint density at radius 1 is 0.976 bits per heavy atom. The number of methoxy groups -OCH3 is 1. The summed E-state index contributed by atoms with van der Waals surface area (Å²) in [6.45, 7) is 7.24. The molecule has 1 N–H and O–H groups in total. The fourth-order valence-electron chi connectivity index (χ4n) is 4.43. The quantitative estimate of drug-likeness (QED) is 0.277. The van der Waals surface area contributed by atoms with E-state index in [1.807, 2.05) is 52.0 Å². The predicted molar refractivity (Wildman–Crippen MR) is 163 cm³/mol. The van der Waals surface area contributed by atoms with Crippen LogP contribution in [0.4, 0.5) is 5.69 Å². The molecule has 8 nitrogen and oxygen atoms in total. The topological polar surface area (TPSA) is 96.0 Å². The number of hydrogen-bond donors (Lipinski definition) is 1. The number of halogens is 1. The molecular formula is C31H38ClN3O5S. The molecule has 0 unspecified atom stereocenters. The first-order chi connectivity index (χ1) is 19.5. The van der Waals surface area contributed by atoms with Gasteiger partial charge in [-0.2, -0.15) is 0 Å². The molecule has 3 aromatic rings. The van der Waals surface area contributed by atoms with Crippen LogP contribution >= 0.6 is 11.6 Å². The van der Waals surface area contributed by atoms with Crippen LogP contribution in [0.15, 0.2) is 77.7 Å². The molecule has 0 aliphatic rings. The van der Waals surface area contributed by atoms with Crippen molar-refractivity contribution in [3.05, 3.63) is 88.9 Å². The normalized spacial score (nSPS) is 12.7. The summed E-state index contributed by atoms with van der Waals surface area (Å²) in [5.74, 6) is -0.440. The third-order valence-electron chi connectivity index (χ3n) is 6.86. The van der Waals surface area contributed by atoms with E-state index >= 15 is 0 Å². The zero-order valence-corrected chi connectivity index (χ0v) is 25.7. The monoisotopic (exact) mass is 599 g/mol. The Kier molecular flexibility index (Phi) is 11.2. The van der Waals surface area contributed by atoms with Crippen LogP contribution in [0, 0.1) is 6.92 Å². The molecule has 2 amide bonds. The van der Waals surface area contributed by atoms with Gasteiger partial charge >= 0.3 is 0 Å². The van der Waals surface area contributed by atoms with Crippen molar-refractivity contribution in [2.75, 3.05) is 18.0 Å². The highest BCUT2D eigenvalue weighted by atomic mass is 35.5. The van der Waals surface area contributed by atoms with E-state index in [2.05, 4.69) is 5.32 Å². The molecule has 2 atom stereocenters. The molecule has 0 spiro atoms. The zero-order valence-electron chi connectivity index (χ0n) is 24.1. The molecule has 0 aromatic heterocycles. The molecule has 3 rings (SSSR count). The molecule has 10 heteroatoms. The fraction of sp³-hybridized carbons (Fsp3) is 0.355. The highest BCUT2D eigenvalue weighted by Gasteiger charge is 2.34. The minimum atomic E-state index is -4.19.